The van der Waals surface area contributed by atoms with Crippen molar-refractivity contribution in [2.24, 2.45) is 44.8 Å². The Morgan fingerprint density at radius 2 is 1.29 bits per heavy atom. The van der Waals surface area contributed by atoms with E-state index in [-0.39, 0.29) is 52.2 Å². The Labute approximate surface area is 379 Å². The fraction of sp³-hybridized carbons (Fsp3) is 0.936. The molecular formula is C47H72O18. The van der Waals surface area contributed by atoms with E-state index in [1.807, 2.05) is 0 Å². The van der Waals surface area contributed by atoms with Gasteiger partial charge >= 0.3 is 5.97 Å². The summed E-state index contributed by atoms with van der Waals surface area (Å²) < 4.78 is 51.1. The lowest BCUT2D eigenvalue weighted by Crippen LogP contribution is -2.74. The Bertz CT molecular complexity index is 1870. The van der Waals surface area contributed by atoms with Crippen molar-refractivity contribution in [1.82, 2.24) is 0 Å². The van der Waals surface area contributed by atoms with Crippen molar-refractivity contribution < 1.29 is 88.6 Å². The predicted octanol–water partition coefficient (Wildman–Crippen LogP) is -0.0743. The number of esters is 1. The smallest absolute Gasteiger partial charge is 0.313 e. The maximum absolute atomic E-state index is 14.1. The maximum atomic E-state index is 14.1. The van der Waals surface area contributed by atoms with E-state index < -0.39 is 128 Å². The van der Waals surface area contributed by atoms with Crippen molar-refractivity contribution in [3.63, 3.8) is 0 Å². The molecule has 5 heterocycles. The standard InChI is InChI=1S/C47H72O18/c1-19-8-13-46-15-14-45(7)44(6)12-9-23-42(3,4)25(10-11-43(23,5)36(44)35-37(62-35)47(45,24(46)16-19)65-41(46)57)61-40-34(64-38-31(55)29(53)26(50)20(2)58-38)33(28(52)22(18-49)60-40)63-39-32(56)30(54)27(51)21(17-48)59-39/h20-40,48-56H,1,8-18H2,2-7H3/t20-,21+,22+,23-,24+,25-,26-,27+,28+,29+,30-,31+,32+,33-,34+,35-,36+,37-,38-,39-,40-,43-,44+,45-,46-,47+/m0/s1. The Morgan fingerprint density at radius 1 is 0.662 bits per heavy atom. The van der Waals surface area contributed by atoms with Gasteiger partial charge in [-0.3, -0.25) is 4.79 Å². The van der Waals surface area contributed by atoms with Crippen molar-refractivity contribution in [2.45, 2.75) is 215 Å². The molecule has 0 radical (unpaired) electrons. The summed E-state index contributed by atoms with van der Waals surface area (Å²) in [4.78, 5) is 14.1. The molecule has 0 aromatic carbocycles. The summed E-state index contributed by atoms with van der Waals surface area (Å²) in [6.45, 7) is 16.0. The third-order valence-electron chi connectivity index (χ3n) is 19.9. The first-order valence-electron chi connectivity index (χ1n) is 24.0. The van der Waals surface area contributed by atoms with E-state index in [0.29, 0.717) is 6.42 Å². The molecule has 0 unspecified atom stereocenters. The second-order valence-corrected chi connectivity index (χ2v) is 23.0. The van der Waals surface area contributed by atoms with Crippen LogP contribution < -0.4 is 0 Å². The average Bonchev–Trinajstić information content (AvgIpc) is 4.02. The van der Waals surface area contributed by atoms with E-state index >= 15 is 0 Å². The summed E-state index contributed by atoms with van der Waals surface area (Å²) in [7, 11) is 0. The van der Waals surface area contributed by atoms with Crippen LogP contribution in [0.3, 0.4) is 0 Å². The molecule has 65 heavy (non-hydrogen) atoms. The number of hydrogen-bond donors (Lipinski definition) is 9. The molecule has 5 aliphatic carbocycles. The molecule has 1 spiro atoms. The molecule has 368 valence electrons. The van der Waals surface area contributed by atoms with Gasteiger partial charge in [0.05, 0.1) is 36.9 Å². The molecule has 0 aromatic rings. The predicted molar refractivity (Wildman–Crippen MR) is 222 cm³/mol. The summed E-state index contributed by atoms with van der Waals surface area (Å²) in [5, 5.41) is 96.7. The first kappa shape index (κ1) is 47.3. The number of rotatable bonds is 8. The minimum Gasteiger partial charge on any atom is -0.455 e. The minimum absolute atomic E-state index is 0.0403. The molecule has 2 bridgehead atoms. The summed E-state index contributed by atoms with van der Waals surface area (Å²) >= 11 is 0. The summed E-state index contributed by atoms with van der Waals surface area (Å²) in [5.41, 5.74) is -1.35. The van der Waals surface area contributed by atoms with Crippen LogP contribution in [0.1, 0.15) is 99.3 Å². The van der Waals surface area contributed by atoms with E-state index in [1.165, 1.54) is 12.5 Å². The molecule has 9 N–H and O–H groups in total. The van der Waals surface area contributed by atoms with Crippen LogP contribution in [0, 0.1) is 44.8 Å². The molecule has 26 atom stereocenters. The van der Waals surface area contributed by atoms with Gasteiger partial charge in [-0.2, -0.15) is 0 Å². The topological polar surface area (TPSA) is 276 Å². The van der Waals surface area contributed by atoms with E-state index in [9.17, 15) is 50.8 Å². The van der Waals surface area contributed by atoms with Gasteiger partial charge in [-0.25, -0.2) is 0 Å². The van der Waals surface area contributed by atoms with Crippen LogP contribution in [0.2, 0.25) is 0 Å². The van der Waals surface area contributed by atoms with Crippen LogP contribution in [-0.2, 0) is 42.7 Å². The number of epoxide rings is 1. The van der Waals surface area contributed by atoms with E-state index in [2.05, 4.69) is 41.2 Å². The lowest BCUT2D eigenvalue weighted by molar-refractivity contribution is -0.398. The average molecular weight is 925 g/mol. The molecule has 10 rings (SSSR count). The van der Waals surface area contributed by atoms with Gasteiger partial charge in [0.15, 0.2) is 24.5 Å². The van der Waals surface area contributed by atoms with Gasteiger partial charge in [0.25, 0.3) is 0 Å². The summed E-state index contributed by atoms with van der Waals surface area (Å²) in [6, 6.07) is 0. The minimum atomic E-state index is -1.87. The molecule has 10 aliphatic rings. The number of carbonyl (C=O) groups is 1. The maximum Gasteiger partial charge on any atom is 0.313 e. The number of fused-ring (bicyclic) bond motifs is 6. The Balaban J connectivity index is 0.952. The van der Waals surface area contributed by atoms with Gasteiger partial charge in [-0.15, -0.1) is 0 Å². The number of aliphatic hydroxyl groups is 9. The molecule has 18 heteroatoms. The van der Waals surface area contributed by atoms with E-state index in [1.54, 1.807) is 0 Å². The van der Waals surface area contributed by atoms with Crippen LogP contribution in [0.25, 0.3) is 0 Å². The number of carbonyl (C=O) groups excluding carboxylic acids is 1. The van der Waals surface area contributed by atoms with Gasteiger partial charge in [0.2, 0.25) is 0 Å². The molecule has 18 nitrogen and oxygen atoms in total. The molecular weight excluding hydrogens is 852 g/mol. The van der Waals surface area contributed by atoms with Gasteiger partial charge in [-0.05, 0) is 92.8 Å². The first-order valence-corrected chi connectivity index (χ1v) is 24.0. The van der Waals surface area contributed by atoms with Gasteiger partial charge in [0.1, 0.15) is 73.2 Å². The van der Waals surface area contributed by atoms with E-state index in [4.69, 9.17) is 37.9 Å². The Kier molecular flexibility index (Phi) is 11.5. The molecule has 5 saturated carbocycles. The lowest BCUT2D eigenvalue weighted by atomic mass is 9.31. The fourth-order valence-electron chi connectivity index (χ4n) is 16.2. The van der Waals surface area contributed by atoms with Gasteiger partial charge in [-0.1, -0.05) is 46.8 Å². The lowest BCUT2D eigenvalue weighted by Gasteiger charge is -2.72. The van der Waals surface area contributed by atoms with Crippen molar-refractivity contribution in [3.8, 4) is 0 Å². The normalized spacial score (nSPS) is 59.0. The molecule has 5 saturated heterocycles. The highest BCUT2D eigenvalue weighted by Crippen LogP contribution is 2.83. The molecule has 0 amide bonds. The zero-order valence-electron chi connectivity index (χ0n) is 38.3. The van der Waals surface area contributed by atoms with Crippen LogP contribution in [0.15, 0.2) is 12.2 Å². The molecule has 0 aromatic heterocycles. The first-order chi connectivity index (χ1) is 30.6. The third kappa shape index (κ3) is 6.32. The fourth-order valence-corrected chi connectivity index (χ4v) is 16.2. The van der Waals surface area contributed by atoms with Crippen LogP contribution in [0.4, 0.5) is 0 Å². The summed E-state index contributed by atoms with van der Waals surface area (Å²) in [6.07, 6.45) is -17.4. The van der Waals surface area contributed by atoms with Gasteiger partial charge in [0, 0.05) is 11.3 Å². The van der Waals surface area contributed by atoms with Crippen molar-refractivity contribution >= 4 is 5.97 Å². The van der Waals surface area contributed by atoms with Crippen LogP contribution >= 0.6 is 0 Å². The highest BCUT2D eigenvalue weighted by molar-refractivity contribution is 5.82. The highest BCUT2D eigenvalue weighted by atomic mass is 16.8. The number of allylic oxidation sites excluding steroid dienone is 1. The summed E-state index contributed by atoms with van der Waals surface area (Å²) in [5.74, 6) is 0.236. The largest absolute Gasteiger partial charge is 0.455 e. The monoisotopic (exact) mass is 924 g/mol. The second-order valence-electron chi connectivity index (χ2n) is 23.0. The van der Waals surface area contributed by atoms with Crippen LogP contribution in [0.5, 0.6) is 0 Å². The Morgan fingerprint density at radius 3 is 1.98 bits per heavy atom. The van der Waals surface area contributed by atoms with Gasteiger partial charge < -0.3 is 83.9 Å². The van der Waals surface area contributed by atoms with Crippen molar-refractivity contribution in [1.29, 1.82) is 0 Å². The number of hydrogen-bond acceptors (Lipinski definition) is 18. The third-order valence-corrected chi connectivity index (χ3v) is 19.9. The molecule has 5 aliphatic heterocycles. The van der Waals surface area contributed by atoms with Crippen molar-refractivity contribution in [3.05, 3.63) is 12.2 Å². The Hall–Kier alpha value is -1.43. The SMILES string of the molecule is C=C1CC[C@@]23CC[C@]4(C)[C@@](OC2=O)([C@@H]3C1)[C@H]1O[C@H]1[C@@H]1[C@@]2(C)CC[C@H](O[C@@H]3O[C@H](CO)[C@@H](O)[C@H](O[C@@H]5O[C@H](CO)[C@@H](O)[C@H](O)[C@H]5O)[C@H]3O[C@@H]3O[C@@H](C)[C@H](O)[C@@H](O)[C@H]3O)C(C)(C)[C@@H]2CC[C@]14C. The zero-order chi connectivity index (χ0) is 46.7. The van der Waals surface area contributed by atoms with Crippen LogP contribution in [-0.4, -0.2) is 181 Å². The quantitative estimate of drug-likeness (QED) is 0.0667. The highest BCUT2D eigenvalue weighted by Gasteiger charge is 2.89. The molecule has 10 fully saturated rings. The number of ether oxygens (including phenoxy) is 8. The van der Waals surface area contributed by atoms with Crippen molar-refractivity contribution in [2.75, 3.05) is 13.2 Å². The second kappa shape index (κ2) is 15.8. The zero-order valence-corrected chi connectivity index (χ0v) is 38.3. The van der Waals surface area contributed by atoms with E-state index in [0.717, 1.165) is 51.4 Å². The number of aliphatic hydroxyl groups excluding tert-OH is 9.